The smallest absolute Gasteiger partial charge is 0.336 e. The molecule has 0 aliphatic carbocycles. The number of hydrogen-bond donors (Lipinski definition) is 0. The van der Waals surface area contributed by atoms with Crippen LogP contribution >= 0.6 is 0 Å². The van der Waals surface area contributed by atoms with Crippen LogP contribution in [-0.4, -0.2) is 61.1 Å². The van der Waals surface area contributed by atoms with Gasteiger partial charge < -0.3 is 19.1 Å². The van der Waals surface area contributed by atoms with Gasteiger partial charge in [-0.05, 0) is 25.8 Å². The second-order valence-corrected chi connectivity index (χ2v) is 6.85. The molecule has 3 aliphatic rings. The zero-order valence-electron chi connectivity index (χ0n) is 15.6. The molecule has 146 valence electrons. The molecule has 1 fully saturated rings. The normalized spacial score (nSPS) is 31.5. The van der Waals surface area contributed by atoms with Crippen LogP contribution in [0.1, 0.15) is 26.2 Å². The van der Waals surface area contributed by atoms with Crippen LogP contribution in [0.25, 0.3) is 0 Å². The van der Waals surface area contributed by atoms with Gasteiger partial charge >= 0.3 is 17.9 Å². The molecule has 3 rings (SSSR count). The quantitative estimate of drug-likeness (QED) is 0.309. The van der Waals surface area contributed by atoms with Gasteiger partial charge in [-0.1, -0.05) is 18.2 Å². The molecule has 1 saturated heterocycles. The Morgan fingerprint density at radius 3 is 2.41 bits per heavy atom. The summed E-state index contributed by atoms with van der Waals surface area (Å²) in [5.41, 5.74) is -3.16. The Bertz CT molecular complexity index is 724. The van der Waals surface area contributed by atoms with E-state index in [1.165, 1.54) is 19.1 Å². The summed E-state index contributed by atoms with van der Waals surface area (Å²) < 4.78 is 15.1. The number of piperidine rings is 1. The van der Waals surface area contributed by atoms with Gasteiger partial charge in [0.05, 0.1) is 26.9 Å². The van der Waals surface area contributed by atoms with E-state index in [1.807, 2.05) is 0 Å². The molecule has 3 heterocycles. The van der Waals surface area contributed by atoms with Crippen molar-refractivity contribution in [3.05, 3.63) is 24.3 Å². The van der Waals surface area contributed by atoms with Crippen LogP contribution < -0.4 is 0 Å². The average Bonchev–Trinajstić information content (AvgIpc) is 3.10. The lowest BCUT2D eigenvalue weighted by atomic mass is 9.70. The van der Waals surface area contributed by atoms with Crippen molar-refractivity contribution in [2.24, 2.45) is 11.3 Å². The number of ether oxygens (including phenoxy) is 3. The van der Waals surface area contributed by atoms with Crippen LogP contribution in [-0.2, 0) is 33.4 Å². The van der Waals surface area contributed by atoms with E-state index < -0.39 is 34.9 Å². The van der Waals surface area contributed by atoms with Crippen LogP contribution in [0.4, 0.5) is 0 Å². The zero-order chi connectivity index (χ0) is 19.8. The van der Waals surface area contributed by atoms with Gasteiger partial charge in [-0.3, -0.25) is 14.4 Å². The van der Waals surface area contributed by atoms with E-state index in [1.54, 1.807) is 31.2 Å². The molecule has 0 aromatic carbocycles. The minimum Gasteiger partial charge on any atom is -0.468 e. The lowest BCUT2D eigenvalue weighted by Gasteiger charge is -2.50. The van der Waals surface area contributed by atoms with Crippen molar-refractivity contribution in [2.45, 2.75) is 37.8 Å². The molecule has 0 radical (unpaired) electrons. The van der Waals surface area contributed by atoms with Crippen LogP contribution in [0, 0.1) is 11.3 Å². The van der Waals surface area contributed by atoms with Crippen LogP contribution in [0.2, 0.25) is 0 Å². The largest absolute Gasteiger partial charge is 0.468 e. The van der Waals surface area contributed by atoms with Gasteiger partial charge in [0, 0.05) is 12.3 Å². The number of allylic oxidation sites excluding steroid dienone is 1. The molecule has 27 heavy (non-hydrogen) atoms. The summed E-state index contributed by atoms with van der Waals surface area (Å²) in [6, 6.07) is -0.998. The molecular weight excluding hydrogens is 354 g/mol. The highest BCUT2D eigenvalue weighted by molar-refractivity contribution is 6.04. The maximum absolute atomic E-state index is 13.0. The topological polar surface area (TPSA) is 99.2 Å². The lowest BCUT2D eigenvalue weighted by molar-refractivity contribution is -0.183. The average molecular weight is 377 g/mol. The predicted molar refractivity (Wildman–Crippen MR) is 92.1 cm³/mol. The van der Waals surface area contributed by atoms with E-state index in [2.05, 4.69) is 0 Å². The Morgan fingerprint density at radius 1 is 1.15 bits per heavy atom. The fourth-order valence-corrected chi connectivity index (χ4v) is 4.50. The molecule has 3 atom stereocenters. The Hall–Kier alpha value is -2.64. The van der Waals surface area contributed by atoms with Gasteiger partial charge in [0.1, 0.15) is 0 Å². The molecule has 0 aromatic rings. The second-order valence-electron chi connectivity index (χ2n) is 6.85. The minimum atomic E-state index is -1.79. The van der Waals surface area contributed by atoms with Crippen molar-refractivity contribution in [1.82, 2.24) is 4.90 Å². The van der Waals surface area contributed by atoms with Crippen LogP contribution in [0.3, 0.4) is 0 Å². The maximum Gasteiger partial charge on any atom is 0.336 e. The fraction of sp³-hybridized carbons (Fsp3) is 0.579. The molecule has 0 aromatic heterocycles. The van der Waals surface area contributed by atoms with E-state index in [-0.39, 0.29) is 31.3 Å². The van der Waals surface area contributed by atoms with Crippen molar-refractivity contribution in [3.63, 3.8) is 0 Å². The predicted octanol–water partition coefficient (Wildman–Crippen LogP) is 0.758. The third-order valence-electron chi connectivity index (χ3n) is 5.73. The minimum absolute atomic E-state index is 0.000534. The Kier molecular flexibility index (Phi) is 4.84. The van der Waals surface area contributed by atoms with Crippen molar-refractivity contribution in [1.29, 1.82) is 0 Å². The highest BCUT2D eigenvalue weighted by atomic mass is 16.5. The lowest BCUT2D eigenvalue weighted by Crippen LogP contribution is -2.68. The van der Waals surface area contributed by atoms with Gasteiger partial charge in [-0.15, -0.1) is 0 Å². The first-order valence-corrected chi connectivity index (χ1v) is 8.92. The molecule has 1 amide bonds. The van der Waals surface area contributed by atoms with E-state index >= 15 is 0 Å². The van der Waals surface area contributed by atoms with Crippen molar-refractivity contribution < 1.29 is 33.4 Å². The fourth-order valence-electron chi connectivity index (χ4n) is 4.50. The number of esters is 3. The van der Waals surface area contributed by atoms with E-state index in [4.69, 9.17) is 14.2 Å². The van der Waals surface area contributed by atoms with Crippen molar-refractivity contribution in [2.75, 3.05) is 20.8 Å². The Labute approximate surface area is 157 Å². The molecule has 0 saturated carbocycles. The molecule has 0 N–H and O–H groups in total. The molecule has 0 spiro atoms. The number of carbonyl (C=O) groups excluding carboxylic acids is 4. The molecule has 3 aliphatic heterocycles. The highest BCUT2D eigenvalue weighted by Gasteiger charge is 2.67. The number of carbonyl (C=O) groups is 4. The summed E-state index contributed by atoms with van der Waals surface area (Å²) in [4.78, 5) is 52.7. The third kappa shape index (κ3) is 2.42. The summed E-state index contributed by atoms with van der Waals surface area (Å²) >= 11 is 0. The number of rotatable bonds is 4. The summed E-state index contributed by atoms with van der Waals surface area (Å²) in [7, 11) is 2.35. The van der Waals surface area contributed by atoms with Gasteiger partial charge in [0.2, 0.25) is 5.91 Å². The second kappa shape index (κ2) is 6.83. The van der Waals surface area contributed by atoms with E-state index in [9.17, 15) is 19.2 Å². The highest BCUT2D eigenvalue weighted by Crippen LogP contribution is 2.50. The van der Waals surface area contributed by atoms with Gasteiger partial charge in [-0.2, -0.15) is 0 Å². The number of nitrogens with zero attached hydrogens (tertiary/aromatic N) is 1. The number of methoxy groups -OCH3 is 2. The summed E-state index contributed by atoms with van der Waals surface area (Å²) in [6.45, 7) is 1.83. The first-order valence-electron chi connectivity index (χ1n) is 8.92. The van der Waals surface area contributed by atoms with E-state index in [0.29, 0.717) is 6.42 Å². The first kappa shape index (κ1) is 19.1. The third-order valence-corrected chi connectivity index (χ3v) is 5.73. The maximum atomic E-state index is 13.0. The molecule has 8 nitrogen and oxygen atoms in total. The van der Waals surface area contributed by atoms with E-state index in [0.717, 1.165) is 0 Å². The van der Waals surface area contributed by atoms with Crippen molar-refractivity contribution >= 4 is 23.8 Å². The molecule has 0 unspecified atom stereocenters. The Morgan fingerprint density at radius 2 is 1.81 bits per heavy atom. The van der Waals surface area contributed by atoms with Gasteiger partial charge in [0.15, 0.2) is 11.0 Å². The van der Waals surface area contributed by atoms with Gasteiger partial charge in [0.25, 0.3) is 0 Å². The monoisotopic (exact) mass is 377 g/mol. The van der Waals surface area contributed by atoms with Gasteiger partial charge in [-0.25, -0.2) is 4.79 Å². The zero-order valence-corrected chi connectivity index (χ0v) is 15.6. The summed E-state index contributed by atoms with van der Waals surface area (Å²) in [5.74, 6) is -2.82. The first-order chi connectivity index (χ1) is 12.9. The SMILES string of the molecule is CCOC(=O)[C@]12C=C[C@H]3N1C(=O)CC[C@@H]2/C=C\CC3(C(=O)OC)C(=O)OC. The number of hydrogen-bond acceptors (Lipinski definition) is 7. The molecule has 4 bridgehead atoms. The molecular formula is C19H23NO7. The number of amides is 1. The van der Waals surface area contributed by atoms with Crippen LogP contribution in [0.5, 0.6) is 0 Å². The van der Waals surface area contributed by atoms with Crippen molar-refractivity contribution in [3.8, 4) is 0 Å². The summed E-state index contributed by atoms with van der Waals surface area (Å²) in [6.07, 6.45) is 7.31. The molecule has 8 heteroatoms. The standard InChI is InChI=1S/C19H23NO7/c1-4-27-17(24)19-11-9-13-18(15(22)25-2,16(23)26-3)10-5-6-12(19)7-8-14(21)20(13)19/h5-6,9,11-13H,4,7-8,10H2,1-3H3/b6-5-/t12-,13+,19+/m0/s1. The summed E-state index contributed by atoms with van der Waals surface area (Å²) in [5, 5.41) is 0. The Balaban J connectivity index is 2.24. The van der Waals surface area contributed by atoms with Crippen LogP contribution in [0.15, 0.2) is 24.3 Å².